The van der Waals surface area contributed by atoms with E-state index in [1.165, 1.54) is 6.07 Å². The van der Waals surface area contributed by atoms with Gasteiger partial charge in [0.2, 0.25) is 0 Å². The number of alkyl halides is 6. The Bertz CT molecular complexity index is 3570. The largest absolute Gasteiger partial charge is 0.417 e. The van der Waals surface area contributed by atoms with Crippen molar-refractivity contribution in [2.45, 2.75) is 12.4 Å². The van der Waals surface area contributed by atoms with E-state index in [4.69, 9.17) is 19.9 Å². The Balaban J connectivity index is 1.18. The van der Waals surface area contributed by atoms with Crippen molar-refractivity contribution in [3.05, 3.63) is 223 Å². The van der Waals surface area contributed by atoms with Crippen LogP contribution in [0.3, 0.4) is 0 Å². The third-order valence-electron chi connectivity index (χ3n) is 12.1. The molecule has 0 aliphatic rings. The SMILES string of the molecule is FC(F)(F)c1ccc(-c2ccc3c(c2)c2ccccc2n3-c2ccc(-c3nc(-c4ccccc4)cc(-c4ccccc4)n3)cc2-c2cc(-c3ccccc3)nc(-c3ccccc3)n2)c(C(F)(F)F)c1. The molecule has 0 saturated heterocycles. The quantitative estimate of drug-likeness (QED) is 0.143. The van der Waals surface area contributed by atoms with Gasteiger partial charge < -0.3 is 4.57 Å². The molecule has 11 heteroatoms. The lowest BCUT2D eigenvalue weighted by Gasteiger charge is -2.18. The van der Waals surface area contributed by atoms with Crippen molar-refractivity contribution < 1.29 is 26.3 Å². The molecule has 3 aromatic heterocycles. The molecular weight excluding hydrogens is 881 g/mol. The Hall–Kier alpha value is -8.70. The minimum absolute atomic E-state index is 0.113. The van der Waals surface area contributed by atoms with E-state index in [-0.39, 0.29) is 17.2 Å². The molecule has 334 valence electrons. The van der Waals surface area contributed by atoms with Crippen LogP contribution in [0.5, 0.6) is 0 Å². The highest BCUT2D eigenvalue weighted by atomic mass is 19.4. The zero-order chi connectivity index (χ0) is 47.3. The smallest absolute Gasteiger partial charge is 0.309 e. The number of hydrogen-bond acceptors (Lipinski definition) is 4. The summed E-state index contributed by atoms with van der Waals surface area (Å²) in [6, 6.07) is 63.2. The minimum atomic E-state index is -5.06. The predicted molar refractivity (Wildman–Crippen MR) is 260 cm³/mol. The highest BCUT2D eigenvalue weighted by Crippen LogP contribution is 2.44. The van der Waals surface area contributed by atoms with Crippen molar-refractivity contribution in [3.63, 3.8) is 0 Å². The number of aromatic nitrogens is 5. The molecule has 0 N–H and O–H groups in total. The van der Waals surface area contributed by atoms with Gasteiger partial charge in [0.05, 0.1) is 50.6 Å². The van der Waals surface area contributed by atoms with Crippen LogP contribution in [-0.2, 0) is 12.4 Å². The Morgan fingerprint density at radius 2 is 0.797 bits per heavy atom. The Morgan fingerprint density at radius 1 is 0.319 bits per heavy atom. The van der Waals surface area contributed by atoms with Gasteiger partial charge in [-0.3, -0.25) is 0 Å². The van der Waals surface area contributed by atoms with E-state index in [9.17, 15) is 26.3 Å². The van der Waals surface area contributed by atoms with Crippen molar-refractivity contribution in [2.75, 3.05) is 0 Å². The molecule has 0 saturated carbocycles. The molecule has 0 atom stereocenters. The molecule has 0 spiro atoms. The van der Waals surface area contributed by atoms with E-state index in [1.54, 1.807) is 12.1 Å². The van der Waals surface area contributed by atoms with Crippen molar-refractivity contribution in [3.8, 4) is 84.6 Å². The number of nitrogens with zero attached hydrogens (tertiary/aromatic N) is 5. The fraction of sp³-hybridized carbons (Fsp3) is 0.0345. The van der Waals surface area contributed by atoms with Crippen LogP contribution in [0.15, 0.2) is 212 Å². The molecule has 0 radical (unpaired) electrons. The van der Waals surface area contributed by atoms with Gasteiger partial charge in [-0.2, -0.15) is 26.3 Å². The fourth-order valence-electron chi connectivity index (χ4n) is 8.83. The van der Waals surface area contributed by atoms with Crippen LogP contribution >= 0.6 is 0 Å². The van der Waals surface area contributed by atoms with Crippen LogP contribution in [0, 0.1) is 0 Å². The second-order valence-corrected chi connectivity index (χ2v) is 16.5. The van der Waals surface area contributed by atoms with Gasteiger partial charge in [0.15, 0.2) is 11.6 Å². The maximum atomic E-state index is 14.6. The number of fused-ring (bicyclic) bond motifs is 3. The Kier molecular flexibility index (Phi) is 10.7. The second-order valence-electron chi connectivity index (χ2n) is 16.5. The summed E-state index contributed by atoms with van der Waals surface area (Å²) in [7, 11) is 0. The third kappa shape index (κ3) is 8.28. The first kappa shape index (κ1) is 42.9. The molecular formula is C58H35F6N5. The van der Waals surface area contributed by atoms with Gasteiger partial charge in [0.25, 0.3) is 0 Å². The number of hydrogen-bond donors (Lipinski definition) is 0. The van der Waals surface area contributed by atoms with Crippen molar-refractivity contribution in [2.24, 2.45) is 0 Å². The zero-order valence-electron chi connectivity index (χ0n) is 36.2. The van der Waals surface area contributed by atoms with Crippen LogP contribution in [0.1, 0.15) is 11.1 Å². The summed E-state index contributed by atoms with van der Waals surface area (Å²) < 4.78 is 86.9. The molecule has 0 fully saturated rings. The van der Waals surface area contributed by atoms with Crippen molar-refractivity contribution in [1.29, 1.82) is 0 Å². The van der Waals surface area contributed by atoms with E-state index in [0.717, 1.165) is 45.2 Å². The highest BCUT2D eigenvalue weighted by molar-refractivity contribution is 6.11. The molecule has 11 aromatic rings. The summed E-state index contributed by atoms with van der Waals surface area (Å²) >= 11 is 0. The van der Waals surface area contributed by atoms with Gasteiger partial charge in [-0.1, -0.05) is 152 Å². The Morgan fingerprint density at radius 3 is 1.36 bits per heavy atom. The van der Waals surface area contributed by atoms with E-state index in [1.807, 2.05) is 180 Å². The maximum absolute atomic E-state index is 14.6. The number of halogens is 6. The highest BCUT2D eigenvalue weighted by Gasteiger charge is 2.38. The van der Waals surface area contributed by atoms with Gasteiger partial charge in [-0.25, -0.2) is 19.9 Å². The summed E-state index contributed by atoms with van der Waals surface area (Å²) in [5.74, 6) is 0.952. The molecule has 0 aliphatic carbocycles. The van der Waals surface area contributed by atoms with Gasteiger partial charge in [-0.05, 0) is 71.8 Å². The van der Waals surface area contributed by atoms with Crippen LogP contribution in [-0.4, -0.2) is 24.5 Å². The zero-order valence-corrected chi connectivity index (χ0v) is 36.2. The number of benzene rings is 8. The third-order valence-corrected chi connectivity index (χ3v) is 12.1. The lowest BCUT2D eigenvalue weighted by Crippen LogP contribution is -2.12. The van der Waals surface area contributed by atoms with Crippen LogP contribution in [0.4, 0.5) is 26.3 Å². The standard InChI is InChI=1S/C58H35F6N5/c59-57(60,61)42-27-28-43(47(33-42)58(62,63)64)40-25-29-53-45(31-40)44-23-13-14-24-52(44)69(53)54-30-26-41(56-66-48(36-15-5-1-6-16-36)34-49(67-56)37-17-7-2-8-18-37)32-46(54)51-35-50(38-19-9-3-10-20-38)65-55(68-51)39-21-11-4-12-22-39/h1-35H. The lowest BCUT2D eigenvalue weighted by molar-refractivity contribution is -0.142. The first-order valence-corrected chi connectivity index (χ1v) is 21.9. The van der Waals surface area contributed by atoms with Gasteiger partial charge >= 0.3 is 12.4 Å². The molecule has 0 amide bonds. The lowest BCUT2D eigenvalue weighted by atomic mass is 9.95. The normalized spacial score (nSPS) is 11.9. The summed E-state index contributed by atoms with van der Waals surface area (Å²) in [6.07, 6.45) is -10.0. The topological polar surface area (TPSA) is 56.5 Å². The first-order valence-electron chi connectivity index (χ1n) is 21.9. The van der Waals surface area contributed by atoms with Gasteiger partial charge in [0, 0.05) is 44.2 Å². The van der Waals surface area contributed by atoms with E-state index >= 15 is 0 Å². The summed E-state index contributed by atoms with van der Waals surface area (Å²) in [5, 5.41) is 1.31. The summed E-state index contributed by atoms with van der Waals surface area (Å²) in [4.78, 5) is 20.6. The van der Waals surface area contributed by atoms with Gasteiger partial charge in [0.1, 0.15) is 0 Å². The first-order chi connectivity index (χ1) is 33.5. The monoisotopic (exact) mass is 915 g/mol. The average Bonchev–Trinajstić information content (AvgIpc) is 3.72. The average molecular weight is 916 g/mol. The molecule has 0 unspecified atom stereocenters. The van der Waals surface area contributed by atoms with Crippen LogP contribution < -0.4 is 0 Å². The molecule has 11 rings (SSSR count). The van der Waals surface area contributed by atoms with E-state index in [0.29, 0.717) is 62.2 Å². The van der Waals surface area contributed by atoms with Crippen LogP contribution in [0.25, 0.3) is 106 Å². The predicted octanol–water partition coefficient (Wildman–Crippen LogP) is 16.1. The molecule has 69 heavy (non-hydrogen) atoms. The molecule has 0 bridgehead atoms. The van der Waals surface area contributed by atoms with Crippen LogP contribution in [0.2, 0.25) is 0 Å². The molecule has 3 heterocycles. The number of para-hydroxylation sites is 1. The van der Waals surface area contributed by atoms with E-state index in [2.05, 4.69) is 0 Å². The van der Waals surface area contributed by atoms with Crippen molar-refractivity contribution in [1.82, 2.24) is 24.5 Å². The molecule has 5 nitrogen and oxygen atoms in total. The van der Waals surface area contributed by atoms with E-state index < -0.39 is 23.5 Å². The van der Waals surface area contributed by atoms with Crippen molar-refractivity contribution >= 4 is 21.8 Å². The summed E-state index contributed by atoms with van der Waals surface area (Å²) in [6.45, 7) is 0. The second kappa shape index (κ2) is 17.2. The molecule has 0 aliphatic heterocycles. The number of rotatable bonds is 8. The summed E-state index contributed by atoms with van der Waals surface area (Å²) in [5.41, 5.74) is 6.61. The molecule has 8 aromatic carbocycles. The van der Waals surface area contributed by atoms with Gasteiger partial charge in [-0.15, -0.1) is 0 Å². The Labute approximate surface area is 391 Å². The minimum Gasteiger partial charge on any atom is -0.309 e. The fourth-order valence-corrected chi connectivity index (χ4v) is 8.83. The maximum Gasteiger partial charge on any atom is 0.417 e.